The number of carbonyl (C=O) groups is 3. The van der Waals surface area contributed by atoms with Gasteiger partial charge < -0.3 is 25.0 Å². The second kappa shape index (κ2) is 11.2. The lowest BCUT2D eigenvalue weighted by atomic mass is 9.99. The molecule has 0 saturated carbocycles. The molecule has 1 aromatic carbocycles. The van der Waals surface area contributed by atoms with Crippen molar-refractivity contribution in [1.29, 1.82) is 0 Å². The van der Waals surface area contributed by atoms with Crippen molar-refractivity contribution in [3.63, 3.8) is 0 Å². The summed E-state index contributed by atoms with van der Waals surface area (Å²) in [4.78, 5) is 36.9. The fraction of sp³-hybridized carbons (Fsp3) is 0.526. The molecule has 0 aromatic heterocycles. The third kappa shape index (κ3) is 7.65. The van der Waals surface area contributed by atoms with Gasteiger partial charge in [-0.25, -0.2) is 4.79 Å². The van der Waals surface area contributed by atoms with Crippen LogP contribution in [0.3, 0.4) is 0 Å². The van der Waals surface area contributed by atoms with E-state index in [-0.39, 0.29) is 30.8 Å². The van der Waals surface area contributed by atoms with E-state index in [1.54, 1.807) is 38.4 Å². The number of likely N-dealkylation sites (N-methyl/N-ethyl adjacent to an activating group) is 1. The van der Waals surface area contributed by atoms with Crippen LogP contribution < -0.4 is 20.3 Å². The molecule has 0 heterocycles. The van der Waals surface area contributed by atoms with Crippen molar-refractivity contribution in [2.45, 2.75) is 26.3 Å². The minimum absolute atomic E-state index is 0.0416. The van der Waals surface area contributed by atoms with Gasteiger partial charge in [0.25, 0.3) is 11.8 Å². The highest BCUT2D eigenvalue weighted by Gasteiger charge is 2.27. The van der Waals surface area contributed by atoms with Gasteiger partial charge in [-0.15, -0.1) is 0 Å². The summed E-state index contributed by atoms with van der Waals surface area (Å²) >= 11 is 0. The number of esters is 1. The molecule has 0 fully saturated rings. The summed E-state index contributed by atoms with van der Waals surface area (Å²) in [5.41, 5.74) is 0.653. The Morgan fingerprint density at radius 2 is 1.67 bits per heavy atom. The van der Waals surface area contributed by atoms with E-state index in [9.17, 15) is 14.4 Å². The number of hydrogen-bond donors (Lipinski definition) is 3. The van der Waals surface area contributed by atoms with Crippen LogP contribution in [-0.2, 0) is 19.1 Å². The Bertz CT molecular complexity index is 633. The van der Waals surface area contributed by atoms with Crippen molar-refractivity contribution in [3.05, 3.63) is 24.3 Å². The van der Waals surface area contributed by atoms with Crippen molar-refractivity contribution in [3.8, 4) is 5.75 Å². The number of ether oxygens (including phenoxy) is 2. The van der Waals surface area contributed by atoms with Crippen LogP contribution >= 0.6 is 0 Å². The molecule has 0 bridgehead atoms. The summed E-state index contributed by atoms with van der Waals surface area (Å²) in [6.07, 6.45) is 0.729. The lowest BCUT2D eigenvalue weighted by molar-refractivity contribution is -0.862. The monoisotopic (exact) mass is 380 g/mol. The number of carbonyl (C=O) groups excluding carboxylic acids is 3. The lowest BCUT2D eigenvalue weighted by Gasteiger charge is -2.22. The fourth-order valence-corrected chi connectivity index (χ4v) is 2.51. The predicted octanol–water partition coefficient (Wildman–Crippen LogP) is -0.148. The van der Waals surface area contributed by atoms with E-state index in [0.29, 0.717) is 16.3 Å². The van der Waals surface area contributed by atoms with Crippen LogP contribution in [0.15, 0.2) is 24.3 Å². The SMILES string of the molecule is CC[C@@H](C)[C@H](NC(=O)C[NH+](C)CC(=O)Nc1ccc(OC)cc1)C(=O)OC. The van der Waals surface area contributed by atoms with Gasteiger partial charge in [-0.3, -0.25) is 9.59 Å². The van der Waals surface area contributed by atoms with E-state index in [2.05, 4.69) is 10.6 Å². The maximum atomic E-state index is 12.2. The van der Waals surface area contributed by atoms with Crippen LogP contribution in [0.25, 0.3) is 0 Å². The number of nitrogens with one attached hydrogen (secondary N) is 3. The van der Waals surface area contributed by atoms with Gasteiger partial charge in [-0.05, 0) is 30.2 Å². The van der Waals surface area contributed by atoms with Gasteiger partial charge in [-0.2, -0.15) is 0 Å². The molecule has 1 unspecified atom stereocenters. The Kier molecular flexibility index (Phi) is 9.29. The van der Waals surface area contributed by atoms with Crippen molar-refractivity contribution in [2.24, 2.45) is 5.92 Å². The Labute approximate surface area is 160 Å². The Morgan fingerprint density at radius 1 is 1.07 bits per heavy atom. The molecule has 27 heavy (non-hydrogen) atoms. The van der Waals surface area contributed by atoms with E-state index >= 15 is 0 Å². The molecule has 150 valence electrons. The normalized spacial score (nSPS) is 13.8. The lowest BCUT2D eigenvalue weighted by Crippen LogP contribution is -3.11. The molecule has 1 rings (SSSR count). The van der Waals surface area contributed by atoms with Gasteiger partial charge in [-0.1, -0.05) is 20.3 Å². The van der Waals surface area contributed by atoms with Crippen LogP contribution in [0, 0.1) is 5.92 Å². The second-order valence-electron chi connectivity index (χ2n) is 6.54. The van der Waals surface area contributed by atoms with Crippen LogP contribution in [0.2, 0.25) is 0 Å². The first-order valence-corrected chi connectivity index (χ1v) is 8.93. The van der Waals surface area contributed by atoms with E-state index in [4.69, 9.17) is 9.47 Å². The number of rotatable bonds is 10. The third-order valence-corrected chi connectivity index (χ3v) is 4.28. The summed E-state index contributed by atoms with van der Waals surface area (Å²) in [6, 6.07) is 6.30. The Balaban J connectivity index is 2.51. The van der Waals surface area contributed by atoms with E-state index in [0.717, 1.165) is 6.42 Å². The molecule has 0 spiro atoms. The zero-order valence-corrected chi connectivity index (χ0v) is 16.6. The van der Waals surface area contributed by atoms with Gasteiger partial charge >= 0.3 is 5.97 Å². The average Bonchev–Trinajstić information content (AvgIpc) is 2.65. The van der Waals surface area contributed by atoms with Gasteiger partial charge in [0.05, 0.1) is 21.3 Å². The highest BCUT2D eigenvalue weighted by Crippen LogP contribution is 2.14. The van der Waals surface area contributed by atoms with Crippen LogP contribution in [0.1, 0.15) is 20.3 Å². The summed E-state index contributed by atoms with van der Waals surface area (Å²) in [6.45, 7) is 4.00. The Morgan fingerprint density at radius 3 is 2.19 bits per heavy atom. The van der Waals surface area contributed by atoms with Crippen molar-refractivity contribution >= 4 is 23.5 Å². The van der Waals surface area contributed by atoms with Gasteiger partial charge in [0.2, 0.25) is 0 Å². The number of quaternary nitrogens is 1. The van der Waals surface area contributed by atoms with Gasteiger partial charge in [0.1, 0.15) is 11.8 Å². The molecule has 0 saturated heterocycles. The largest absolute Gasteiger partial charge is 0.497 e. The topological polar surface area (TPSA) is 98.2 Å². The van der Waals surface area contributed by atoms with Gasteiger partial charge in [0.15, 0.2) is 13.1 Å². The van der Waals surface area contributed by atoms with Crippen molar-refractivity contribution in [2.75, 3.05) is 39.7 Å². The van der Waals surface area contributed by atoms with Crippen molar-refractivity contribution < 1.29 is 28.8 Å². The molecule has 8 nitrogen and oxygen atoms in total. The summed E-state index contributed by atoms with van der Waals surface area (Å²) in [5.74, 6) is -0.320. The maximum Gasteiger partial charge on any atom is 0.328 e. The maximum absolute atomic E-state index is 12.2. The van der Waals surface area contributed by atoms with Crippen LogP contribution in [-0.4, -0.2) is 58.2 Å². The van der Waals surface area contributed by atoms with Crippen molar-refractivity contribution in [1.82, 2.24) is 5.32 Å². The number of amides is 2. The number of hydrogen-bond acceptors (Lipinski definition) is 5. The first kappa shape index (κ1) is 22.4. The van der Waals surface area contributed by atoms with Gasteiger partial charge in [0, 0.05) is 5.69 Å². The molecule has 0 aliphatic carbocycles. The fourth-order valence-electron chi connectivity index (χ4n) is 2.51. The molecule has 3 N–H and O–H groups in total. The van der Waals surface area contributed by atoms with E-state index in [1.807, 2.05) is 13.8 Å². The number of anilines is 1. The number of methoxy groups -OCH3 is 2. The summed E-state index contributed by atoms with van der Waals surface area (Å²) < 4.78 is 9.82. The first-order chi connectivity index (χ1) is 12.8. The summed E-state index contributed by atoms with van der Waals surface area (Å²) in [7, 11) is 4.61. The quantitative estimate of drug-likeness (QED) is 0.491. The molecule has 1 aromatic rings. The summed E-state index contributed by atoms with van der Waals surface area (Å²) in [5, 5.41) is 5.48. The standard InChI is InChI=1S/C19H29N3O5/c1-6-13(2)18(19(25)27-5)21-17(24)12-22(3)11-16(23)20-14-7-9-15(26-4)10-8-14/h7-10,13,18H,6,11-12H2,1-5H3,(H,20,23)(H,21,24)/p+1/t13-,18+/m1/s1. The Hall–Kier alpha value is -2.61. The first-order valence-electron chi connectivity index (χ1n) is 8.93. The molecule has 2 amide bonds. The molecule has 3 atom stereocenters. The smallest absolute Gasteiger partial charge is 0.328 e. The van der Waals surface area contributed by atoms with Crippen LogP contribution in [0.5, 0.6) is 5.75 Å². The predicted molar refractivity (Wildman–Crippen MR) is 102 cm³/mol. The minimum Gasteiger partial charge on any atom is -0.497 e. The highest BCUT2D eigenvalue weighted by atomic mass is 16.5. The highest BCUT2D eigenvalue weighted by molar-refractivity contribution is 5.91. The average molecular weight is 380 g/mol. The van der Waals surface area contributed by atoms with E-state index in [1.165, 1.54) is 7.11 Å². The zero-order chi connectivity index (χ0) is 20.4. The number of benzene rings is 1. The molecular formula is C19H30N3O5+. The molecule has 0 radical (unpaired) electrons. The molecule has 0 aliphatic heterocycles. The molecule has 8 heteroatoms. The second-order valence-corrected chi connectivity index (χ2v) is 6.54. The zero-order valence-electron chi connectivity index (χ0n) is 16.6. The van der Waals surface area contributed by atoms with Crippen LogP contribution in [0.4, 0.5) is 5.69 Å². The molecule has 0 aliphatic rings. The molecular weight excluding hydrogens is 350 g/mol. The van der Waals surface area contributed by atoms with E-state index < -0.39 is 12.0 Å². The third-order valence-electron chi connectivity index (χ3n) is 4.28. The minimum atomic E-state index is -0.687.